The second-order valence-electron chi connectivity index (χ2n) is 4.70. The average Bonchev–Trinajstić information content (AvgIpc) is 2.94. The fourth-order valence-corrected chi connectivity index (χ4v) is 2.65. The molecule has 0 aliphatic rings. The molecule has 0 saturated carbocycles. The van der Waals surface area contributed by atoms with Gasteiger partial charge in [0.05, 0.1) is 20.0 Å². The highest BCUT2D eigenvalue weighted by Crippen LogP contribution is 2.25. The summed E-state index contributed by atoms with van der Waals surface area (Å²) in [4.78, 5) is 11.2. The first kappa shape index (κ1) is 17.1. The molecule has 0 spiro atoms. The molecule has 1 atom stereocenters. The fourth-order valence-electron chi connectivity index (χ4n) is 1.90. The molecule has 0 saturated heterocycles. The Kier molecular flexibility index (Phi) is 5.86. The van der Waals surface area contributed by atoms with Crippen LogP contribution in [0.2, 0.25) is 0 Å². The van der Waals surface area contributed by atoms with E-state index in [1.54, 1.807) is 7.11 Å². The number of hydrogen-bond acceptors (Lipinski definition) is 7. The summed E-state index contributed by atoms with van der Waals surface area (Å²) in [7, 11) is 4.81. The molecule has 1 aromatic heterocycles. The maximum absolute atomic E-state index is 11.2. The quantitative estimate of drug-likeness (QED) is 0.566. The Bertz CT molecular complexity index is 657. The zero-order valence-corrected chi connectivity index (χ0v) is 14.3. The molecule has 1 unspecified atom stereocenters. The summed E-state index contributed by atoms with van der Waals surface area (Å²) in [5.41, 5.74) is 0. The first-order valence-electron chi connectivity index (χ1n) is 6.94. The third kappa shape index (κ3) is 4.38. The number of methoxy groups -OCH3 is 2. The number of esters is 1. The van der Waals surface area contributed by atoms with Gasteiger partial charge >= 0.3 is 5.97 Å². The van der Waals surface area contributed by atoms with Gasteiger partial charge in [-0.25, -0.2) is 0 Å². The number of rotatable bonds is 7. The predicted octanol–water partition coefficient (Wildman–Crippen LogP) is 2.23. The second kappa shape index (κ2) is 7.87. The molecule has 0 aliphatic carbocycles. The lowest BCUT2D eigenvalue weighted by molar-refractivity contribution is -0.137. The molecule has 7 nitrogen and oxygen atoms in total. The highest BCUT2D eigenvalue weighted by molar-refractivity contribution is 7.99. The summed E-state index contributed by atoms with van der Waals surface area (Å²) >= 11 is 1.27. The van der Waals surface area contributed by atoms with Crippen LogP contribution in [-0.4, -0.2) is 40.7 Å². The van der Waals surface area contributed by atoms with Gasteiger partial charge in [0.15, 0.2) is 17.1 Å². The molecule has 23 heavy (non-hydrogen) atoms. The number of benzene rings is 1. The lowest BCUT2D eigenvalue weighted by Gasteiger charge is -2.14. The molecule has 0 bridgehead atoms. The van der Waals surface area contributed by atoms with Crippen molar-refractivity contribution in [1.29, 1.82) is 0 Å². The molecule has 8 heteroatoms. The Balaban J connectivity index is 2.02. The topological polar surface area (TPSA) is 75.5 Å². The number of nitrogens with zero attached hydrogens (tertiary/aromatic N) is 3. The van der Waals surface area contributed by atoms with Gasteiger partial charge in [0.2, 0.25) is 0 Å². The van der Waals surface area contributed by atoms with E-state index in [1.807, 2.05) is 42.8 Å². The predicted molar refractivity (Wildman–Crippen MR) is 85.8 cm³/mol. The van der Waals surface area contributed by atoms with Crippen LogP contribution in [-0.2, 0) is 16.6 Å². The molecule has 0 N–H and O–H groups in total. The van der Waals surface area contributed by atoms with Crippen molar-refractivity contribution in [2.75, 3.05) is 20.0 Å². The van der Waals surface area contributed by atoms with Crippen molar-refractivity contribution in [2.24, 2.45) is 7.05 Å². The maximum Gasteiger partial charge on any atom is 0.316 e. The molecule has 0 fully saturated rings. The van der Waals surface area contributed by atoms with Crippen molar-refractivity contribution in [2.45, 2.75) is 18.2 Å². The summed E-state index contributed by atoms with van der Waals surface area (Å²) in [5.74, 6) is 2.04. The van der Waals surface area contributed by atoms with Crippen LogP contribution in [0.3, 0.4) is 0 Å². The fraction of sp³-hybridized carbons (Fsp3) is 0.400. The third-order valence-corrected chi connectivity index (χ3v) is 4.15. The number of carbonyl (C=O) groups is 1. The lowest BCUT2D eigenvalue weighted by atomic mass is 10.3. The van der Waals surface area contributed by atoms with Gasteiger partial charge in [0.25, 0.3) is 0 Å². The lowest BCUT2D eigenvalue weighted by Crippen LogP contribution is -2.10. The van der Waals surface area contributed by atoms with Gasteiger partial charge in [-0.2, -0.15) is 0 Å². The minimum atomic E-state index is -0.304. The molecule has 2 aromatic rings. The Morgan fingerprint density at radius 2 is 1.87 bits per heavy atom. The van der Waals surface area contributed by atoms with Crippen molar-refractivity contribution in [3.63, 3.8) is 0 Å². The minimum absolute atomic E-state index is 0.191. The van der Waals surface area contributed by atoms with Crippen molar-refractivity contribution in [3.05, 3.63) is 30.1 Å². The molecule has 0 radical (unpaired) electrons. The summed E-state index contributed by atoms with van der Waals surface area (Å²) in [6, 6.07) is 7.32. The zero-order valence-electron chi connectivity index (χ0n) is 13.5. The van der Waals surface area contributed by atoms with E-state index in [9.17, 15) is 4.79 Å². The minimum Gasteiger partial charge on any atom is -0.497 e. The van der Waals surface area contributed by atoms with Crippen molar-refractivity contribution >= 4 is 17.7 Å². The standard InChI is InChI=1S/C15H19N3O4S/c1-10(22-12-7-5-11(20-3)6-8-12)14-16-17-15(18(14)2)23-9-13(19)21-4/h5-8,10H,9H2,1-4H3. The Labute approximate surface area is 138 Å². The van der Waals surface area contributed by atoms with Crippen molar-refractivity contribution < 1.29 is 19.0 Å². The highest BCUT2D eigenvalue weighted by Gasteiger charge is 2.18. The SMILES string of the molecule is COC(=O)CSc1nnc(C(C)Oc2ccc(OC)cc2)n1C. The molecule has 0 amide bonds. The monoisotopic (exact) mass is 337 g/mol. The molecule has 1 aromatic carbocycles. The zero-order chi connectivity index (χ0) is 16.8. The van der Waals surface area contributed by atoms with Crippen LogP contribution in [0.4, 0.5) is 0 Å². The van der Waals surface area contributed by atoms with E-state index in [1.165, 1.54) is 18.9 Å². The number of ether oxygens (including phenoxy) is 3. The Hall–Kier alpha value is -2.22. The summed E-state index contributed by atoms with van der Waals surface area (Å²) in [6.07, 6.45) is -0.284. The van der Waals surface area contributed by atoms with Crippen molar-refractivity contribution in [3.8, 4) is 11.5 Å². The maximum atomic E-state index is 11.2. The van der Waals surface area contributed by atoms with Gasteiger partial charge in [-0.1, -0.05) is 11.8 Å². The highest BCUT2D eigenvalue weighted by atomic mass is 32.2. The smallest absolute Gasteiger partial charge is 0.316 e. The first-order chi connectivity index (χ1) is 11.0. The van der Waals surface area contributed by atoms with E-state index < -0.39 is 0 Å². The van der Waals surface area contributed by atoms with E-state index in [0.717, 1.165) is 5.75 Å². The van der Waals surface area contributed by atoms with Crippen LogP contribution < -0.4 is 9.47 Å². The van der Waals surface area contributed by atoms with E-state index in [0.29, 0.717) is 16.7 Å². The number of carbonyl (C=O) groups excluding carboxylic acids is 1. The number of thioether (sulfide) groups is 1. The van der Waals surface area contributed by atoms with E-state index in [4.69, 9.17) is 9.47 Å². The molecule has 2 rings (SSSR count). The molecular formula is C15H19N3O4S. The Morgan fingerprint density at radius 3 is 2.48 bits per heavy atom. The van der Waals surface area contributed by atoms with Crippen LogP contribution in [0.15, 0.2) is 29.4 Å². The molecule has 0 aliphatic heterocycles. The Morgan fingerprint density at radius 1 is 1.22 bits per heavy atom. The second-order valence-corrected chi connectivity index (χ2v) is 5.64. The number of hydrogen-bond donors (Lipinski definition) is 0. The van der Waals surface area contributed by atoms with Gasteiger partial charge < -0.3 is 18.8 Å². The summed E-state index contributed by atoms with van der Waals surface area (Å²) in [6.45, 7) is 1.89. The van der Waals surface area contributed by atoms with Crippen LogP contribution >= 0.6 is 11.8 Å². The van der Waals surface area contributed by atoms with Gasteiger partial charge in [0.1, 0.15) is 11.5 Å². The van der Waals surface area contributed by atoms with E-state index in [2.05, 4.69) is 14.9 Å². The van der Waals surface area contributed by atoms with Crippen LogP contribution in [0, 0.1) is 0 Å². The molecular weight excluding hydrogens is 318 g/mol. The first-order valence-corrected chi connectivity index (χ1v) is 7.93. The van der Waals surface area contributed by atoms with Gasteiger partial charge in [0, 0.05) is 7.05 Å². The van der Waals surface area contributed by atoms with Gasteiger partial charge in [-0.15, -0.1) is 10.2 Å². The molecule has 1 heterocycles. The molecule has 124 valence electrons. The van der Waals surface area contributed by atoms with Crippen LogP contribution in [0.5, 0.6) is 11.5 Å². The van der Waals surface area contributed by atoms with Gasteiger partial charge in [-0.05, 0) is 31.2 Å². The van der Waals surface area contributed by atoms with E-state index >= 15 is 0 Å². The summed E-state index contributed by atoms with van der Waals surface area (Å²) in [5, 5.41) is 8.85. The average molecular weight is 337 g/mol. The number of aromatic nitrogens is 3. The summed E-state index contributed by atoms with van der Waals surface area (Å²) < 4.78 is 17.4. The normalized spacial score (nSPS) is 11.8. The van der Waals surface area contributed by atoms with Gasteiger partial charge in [-0.3, -0.25) is 4.79 Å². The largest absolute Gasteiger partial charge is 0.497 e. The third-order valence-electron chi connectivity index (χ3n) is 3.15. The van der Waals surface area contributed by atoms with Crippen molar-refractivity contribution in [1.82, 2.24) is 14.8 Å². The van der Waals surface area contributed by atoms with Crippen LogP contribution in [0.1, 0.15) is 18.9 Å². The van der Waals surface area contributed by atoms with E-state index in [-0.39, 0.29) is 17.8 Å². The van der Waals surface area contributed by atoms with Crippen LogP contribution in [0.25, 0.3) is 0 Å².